The van der Waals surface area contributed by atoms with Crippen LogP contribution >= 0.6 is 11.6 Å². The first-order valence-electron chi connectivity index (χ1n) is 8.85. The lowest BCUT2D eigenvalue weighted by molar-refractivity contribution is -0.120. The number of sulfonamides is 1. The van der Waals surface area contributed by atoms with Gasteiger partial charge in [0.05, 0.1) is 30.1 Å². The lowest BCUT2D eigenvalue weighted by Crippen LogP contribution is -2.41. The third-order valence-electron chi connectivity index (χ3n) is 4.38. The molecule has 2 rings (SSSR count). The highest BCUT2D eigenvalue weighted by Gasteiger charge is 2.22. The lowest BCUT2D eigenvalue weighted by Gasteiger charge is -2.24. The molecule has 0 heterocycles. The van der Waals surface area contributed by atoms with Crippen LogP contribution in [0.15, 0.2) is 42.5 Å². The fraction of sp³-hybridized carbons (Fsp3) is 0.350. The Morgan fingerprint density at radius 2 is 1.86 bits per heavy atom. The third-order valence-corrected chi connectivity index (χ3v) is 5.81. The van der Waals surface area contributed by atoms with E-state index in [-0.39, 0.29) is 17.6 Å². The molecule has 2 aromatic rings. The van der Waals surface area contributed by atoms with Crippen molar-refractivity contribution in [3.05, 3.63) is 58.6 Å². The number of nitrogens with one attached hydrogen (secondary N) is 1. The minimum atomic E-state index is -3.69. The number of carbonyl (C=O) groups excluding carboxylic acids is 1. The predicted octanol–water partition coefficient (Wildman–Crippen LogP) is 3.55. The molecule has 0 saturated carbocycles. The molecule has 1 atom stereocenters. The number of ether oxygens (including phenoxy) is 1. The number of methoxy groups -OCH3 is 1. The number of nitrogens with zero attached hydrogens (tertiary/aromatic N) is 1. The summed E-state index contributed by atoms with van der Waals surface area (Å²) in [7, 11) is -2.22. The number of carbonyl (C=O) groups is 1. The fourth-order valence-electron chi connectivity index (χ4n) is 2.75. The minimum absolute atomic E-state index is 0.251. The summed E-state index contributed by atoms with van der Waals surface area (Å²) in [6.07, 6.45) is 1.99. The number of hydrogen-bond donors (Lipinski definition) is 1. The predicted molar refractivity (Wildman–Crippen MR) is 113 cm³/mol. The normalized spacial score (nSPS) is 12.3. The molecule has 0 spiro atoms. The Hall–Kier alpha value is -2.25. The summed E-state index contributed by atoms with van der Waals surface area (Å²) in [4.78, 5) is 12.5. The van der Waals surface area contributed by atoms with E-state index >= 15 is 0 Å². The highest BCUT2D eigenvalue weighted by Crippen LogP contribution is 2.30. The van der Waals surface area contributed by atoms with E-state index in [0.29, 0.717) is 11.4 Å². The van der Waals surface area contributed by atoms with E-state index in [1.165, 1.54) is 18.7 Å². The van der Waals surface area contributed by atoms with Crippen LogP contribution in [0.5, 0.6) is 5.75 Å². The van der Waals surface area contributed by atoms with Gasteiger partial charge in [-0.1, -0.05) is 42.8 Å². The van der Waals surface area contributed by atoms with Gasteiger partial charge in [0, 0.05) is 0 Å². The van der Waals surface area contributed by atoms with Gasteiger partial charge in [0.15, 0.2) is 0 Å². The molecule has 28 heavy (non-hydrogen) atoms. The molecule has 1 amide bonds. The summed E-state index contributed by atoms with van der Waals surface area (Å²) in [5, 5.41) is 3.10. The number of hydrogen-bond acceptors (Lipinski definition) is 4. The quantitative estimate of drug-likeness (QED) is 0.703. The van der Waals surface area contributed by atoms with Gasteiger partial charge in [-0.3, -0.25) is 9.10 Å². The third kappa shape index (κ3) is 5.62. The summed E-state index contributed by atoms with van der Waals surface area (Å²) in [5.74, 6) is 0.0110. The monoisotopic (exact) mass is 424 g/mol. The van der Waals surface area contributed by atoms with Gasteiger partial charge in [-0.05, 0) is 42.7 Å². The summed E-state index contributed by atoms with van der Waals surface area (Å²) in [6.45, 7) is 3.58. The first kappa shape index (κ1) is 22.0. The van der Waals surface area contributed by atoms with Gasteiger partial charge in [-0.25, -0.2) is 8.42 Å². The number of aryl methyl sites for hydroxylation is 1. The summed E-state index contributed by atoms with van der Waals surface area (Å²) in [5.41, 5.74) is 2.45. The van der Waals surface area contributed by atoms with Crippen molar-refractivity contribution in [3.63, 3.8) is 0 Å². The van der Waals surface area contributed by atoms with Crippen LogP contribution in [0, 0.1) is 0 Å². The molecule has 0 saturated heterocycles. The second kappa shape index (κ2) is 9.30. The van der Waals surface area contributed by atoms with Gasteiger partial charge in [0.2, 0.25) is 15.9 Å². The molecule has 0 radical (unpaired) electrons. The van der Waals surface area contributed by atoms with Gasteiger partial charge in [-0.15, -0.1) is 0 Å². The molecular formula is C20H25ClN2O4S. The van der Waals surface area contributed by atoms with Gasteiger partial charge in [-0.2, -0.15) is 0 Å². The average Bonchev–Trinajstić information content (AvgIpc) is 2.65. The number of anilines is 1. The van der Waals surface area contributed by atoms with Crippen molar-refractivity contribution in [2.45, 2.75) is 26.3 Å². The highest BCUT2D eigenvalue weighted by molar-refractivity contribution is 7.92. The fourth-order valence-corrected chi connectivity index (χ4v) is 3.85. The molecule has 0 aliphatic heterocycles. The van der Waals surface area contributed by atoms with Crippen molar-refractivity contribution in [3.8, 4) is 5.75 Å². The van der Waals surface area contributed by atoms with Gasteiger partial charge >= 0.3 is 0 Å². The summed E-state index contributed by atoms with van der Waals surface area (Å²) in [6, 6.07) is 12.3. The van der Waals surface area contributed by atoms with Crippen molar-refractivity contribution in [2.24, 2.45) is 0 Å². The van der Waals surface area contributed by atoms with E-state index in [1.54, 1.807) is 12.1 Å². The zero-order valence-electron chi connectivity index (χ0n) is 16.4. The molecule has 0 unspecified atom stereocenters. The Kier molecular flexibility index (Phi) is 7.32. The molecule has 1 N–H and O–H groups in total. The smallest absolute Gasteiger partial charge is 0.241 e. The summed E-state index contributed by atoms with van der Waals surface area (Å²) < 4.78 is 30.6. The van der Waals surface area contributed by atoms with Crippen LogP contribution in [0.25, 0.3) is 0 Å². The maximum atomic E-state index is 12.5. The van der Waals surface area contributed by atoms with E-state index in [9.17, 15) is 13.2 Å². The van der Waals surface area contributed by atoms with Crippen molar-refractivity contribution >= 4 is 33.2 Å². The van der Waals surface area contributed by atoms with Gasteiger partial charge < -0.3 is 10.1 Å². The van der Waals surface area contributed by atoms with Crippen LogP contribution in [-0.4, -0.2) is 34.2 Å². The maximum absolute atomic E-state index is 12.5. The molecule has 152 valence electrons. The van der Waals surface area contributed by atoms with E-state index in [4.69, 9.17) is 16.3 Å². The zero-order valence-corrected chi connectivity index (χ0v) is 18.0. The van der Waals surface area contributed by atoms with E-state index in [1.807, 2.05) is 31.2 Å². The minimum Gasteiger partial charge on any atom is -0.495 e. The second-order valence-corrected chi connectivity index (χ2v) is 8.79. The van der Waals surface area contributed by atoms with Crippen LogP contribution in [0.2, 0.25) is 5.02 Å². The van der Waals surface area contributed by atoms with Crippen LogP contribution in [0.3, 0.4) is 0 Å². The Morgan fingerprint density at radius 3 is 2.36 bits per heavy atom. The molecule has 0 aliphatic carbocycles. The van der Waals surface area contributed by atoms with Crippen molar-refractivity contribution < 1.29 is 17.9 Å². The second-order valence-electron chi connectivity index (χ2n) is 6.47. The number of amides is 1. The maximum Gasteiger partial charge on any atom is 0.241 e. The van der Waals surface area contributed by atoms with Gasteiger partial charge in [0.25, 0.3) is 0 Å². The van der Waals surface area contributed by atoms with Gasteiger partial charge in [0.1, 0.15) is 12.3 Å². The largest absolute Gasteiger partial charge is 0.495 e. The Bertz CT molecular complexity index is 930. The molecule has 6 nitrogen and oxygen atoms in total. The first-order chi connectivity index (χ1) is 13.2. The standard InChI is InChI=1S/C20H25ClN2O4S/c1-5-15-6-8-16(9-7-15)14(2)22-20(24)13-23(28(4,25)26)17-10-11-19(27-3)18(21)12-17/h6-12,14H,5,13H2,1-4H3,(H,22,24)/t14-/m0/s1. The topological polar surface area (TPSA) is 75.7 Å². The molecule has 2 aromatic carbocycles. The van der Waals surface area contributed by atoms with Crippen LogP contribution in [-0.2, 0) is 21.2 Å². The molecule has 0 aromatic heterocycles. The lowest BCUT2D eigenvalue weighted by atomic mass is 10.1. The van der Waals surface area contributed by atoms with Crippen molar-refractivity contribution in [2.75, 3.05) is 24.2 Å². The Labute approximate surface area is 171 Å². The number of halogens is 1. The van der Waals surface area contributed by atoms with E-state index in [2.05, 4.69) is 12.2 Å². The zero-order chi connectivity index (χ0) is 20.9. The first-order valence-corrected chi connectivity index (χ1v) is 11.1. The van der Waals surface area contributed by atoms with Crippen LogP contribution in [0.1, 0.15) is 31.0 Å². The molecular weight excluding hydrogens is 400 g/mol. The van der Waals surface area contributed by atoms with Crippen LogP contribution in [0.4, 0.5) is 5.69 Å². The van der Waals surface area contributed by atoms with Crippen molar-refractivity contribution in [1.82, 2.24) is 5.32 Å². The van der Waals surface area contributed by atoms with E-state index < -0.39 is 15.9 Å². The van der Waals surface area contributed by atoms with Crippen molar-refractivity contribution in [1.29, 1.82) is 0 Å². The summed E-state index contributed by atoms with van der Waals surface area (Å²) >= 11 is 6.10. The Morgan fingerprint density at radius 1 is 1.21 bits per heavy atom. The number of benzene rings is 2. The van der Waals surface area contributed by atoms with E-state index in [0.717, 1.165) is 22.5 Å². The van der Waals surface area contributed by atoms with Crippen LogP contribution < -0.4 is 14.4 Å². The molecule has 0 fully saturated rings. The highest BCUT2D eigenvalue weighted by atomic mass is 35.5. The molecule has 8 heteroatoms. The SMILES string of the molecule is CCc1ccc([C@H](C)NC(=O)CN(c2ccc(OC)c(Cl)c2)S(C)(=O)=O)cc1. The number of rotatable bonds is 8. The molecule has 0 bridgehead atoms. The molecule has 0 aliphatic rings. The Balaban J connectivity index is 2.15. The average molecular weight is 425 g/mol.